The van der Waals surface area contributed by atoms with Gasteiger partial charge in [-0.25, -0.2) is 4.68 Å². The molecule has 0 spiro atoms. The molecule has 0 aliphatic carbocycles. The van der Waals surface area contributed by atoms with Crippen molar-refractivity contribution in [3.05, 3.63) is 71.0 Å². The van der Waals surface area contributed by atoms with E-state index in [0.29, 0.717) is 17.1 Å². The molecule has 0 saturated heterocycles. The highest BCUT2D eigenvalue weighted by atomic mass is 16.5. The summed E-state index contributed by atoms with van der Waals surface area (Å²) >= 11 is 0. The van der Waals surface area contributed by atoms with E-state index in [0.717, 1.165) is 22.5 Å². The Kier molecular flexibility index (Phi) is 7.07. The van der Waals surface area contributed by atoms with Crippen LogP contribution in [0.4, 0.5) is 5.69 Å². The zero-order valence-electron chi connectivity index (χ0n) is 18.3. The fourth-order valence-electron chi connectivity index (χ4n) is 3.11. The van der Waals surface area contributed by atoms with E-state index >= 15 is 0 Å². The zero-order valence-corrected chi connectivity index (χ0v) is 18.3. The van der Waals surface area contributed by atoms with E-state index in [1.807, 2.05) is 76.2 Å². The van der Waals surface area contributed by atoms with Gasteiger partial charge in [-0.1, -0.05) is 29.8 Å². The SMILES string of the molecule is Cc1ccc(-n2nc(C)c(NC(=O)COC(=O)CCOc3cccc(C)c3)c2C)cc1. The number of aromatic nitrogens is 2. The Labute approximate surface area is 182 Å². The second-order valence-electron chi connectivity index (χ2n) is 7.42. The molecule has 3 rings (SSSR count). The van der Waals surface area contributed by atoms with Crippen molar-refractivity contribution in [1.82, 2.24) is 9.78 Å². The van der Waals surface area contributed by atoms with Crippen LogP contribution in [0.1, 0.15) is 28.9 Å². The van der Waals surface area contributed by atoms with E-state index < -0.39 is 11.9 Å². The lowest BCUT2D eigenvalue weighted by Gasteiger charge is -2.09. The van der Waals surface area contributed by atoms with Crippen LogP contribution >= 0.6 is 0 Å². The molecule has 1 aromatic heterocycles. The minimum Gasteiger partial charge on any atom is -0.493 e. The summed E-state index contributed by atoms with van der Waals surface area (Å²) < 4.78 is 12.4. The minimum atomic E-state index is -0.494. The molecular formula is C24H27N3O4. The summed E-state index contributed by atoms with van der Waals surface area (Å²) in [5.74, 6) is -0.212. The fraction of sp³-hybridized carbons (Fsp3) is 0.292. The van der Waals surface area contributed by atoms with Crippen molar-refractivity contribution in [3.8, 4) is 11.4 Å². The van der Waals surface area contributed by atoms with E-state index in [4.69, 9.17) is 9.47 Å². The maximum atomic E-state index is 12.3. The van der Waals surface area contributed by atoms with Gasteiger partial charge in [0.2, 0.25) is 0 Å². The van der Waals surface area contributed by atoms with Crippen LogP contribution in [0.5, 0.6) is 5.75 Å². The topological polar surface area (TPSA) is 82.5 Å². The highest BCUT2D eigenvalue weighted by Crippen LogP contribution is 2.23. The number of nitrogens with one attached hydrogen (secondary N) is 1. The third kappa shape index (κ3) is 5.94. The number of aryl methyl sites for hydroxylation is 3. The quantitative estimate of drug-likeness (QED) is 0.555. The van der Waals surface area contributed by atoms with Gasteiger partial charge in [-0.3, -0.25) is 9.59 Å². The second kappa shape index (κ2) is 9.93. The smallest absolute Gasteiger partial charge is 0.309 e. The third-order valence-corrected chi connectivity index (χ3v) is 4.76. The van der Waals surface area contributed by atoms with Crippen LogP contribution in [0.15, 0.2) is 48.5 Å². The number of amides is 1. The van der Waals surface area contributed by atoms with Crippen molar-refractivity contribution in [2.45, 2.75) is 34.1 Å². The van der Waals surface area contributed by atoms with E-state index in [1.165, 1.54) is 0 Å². The molecule has 0 fully saturated rings. The molecule has 0 atom stereocenters. The molecular weight excluding hydrogens is 394 g/mol. The summed E-state index contributed by atoms with van der Waals surface area (Å²) in [7, 11) is 0. The first kappa shape index (κ1) is 22.1. The first-order chi connectivity index (χ1) is 14.8. The molecule has 0 unspecified atom stereocenters. The Morgan fingerprint density at radius 1 is 1.00 bits per heavy atom. The summed E-state index contributed by atoms with van der Waals surface area (Å²) in [6.07, 6.45) is 0.0602. The molecule has 3 aromatic rings. The maximum Gasteiger partial charge on any atom is 0.309 e. The monoisotopic (exact) mass is 421 g/mol. The first-order valence-corrected chi connectivity index (χ1v) is 10.1. The number of carbonyl (C=O) groups is 2. The summed E-state index contributed by atoms with van der Waals surface area (Å²) in [4.78, 5) is 24.2. The number of nitrogens with zero attached hydrogens (tertiary/aromatic N) is 2. The molecule has 0 bridgehead atoms. The molecule has 7 heteroatoms. The fourth-order valence-corrected chi connectivity index (χ4v) is 3.11. The van der Waals surface area contributed by atoms with Gasteiger partial charge < -0.3 is 14.8 Å². The number of anilines is 1. The summed E-state index contributed by atoms with van der Waals surface area (Å²) in [6, 6.07) is 15.5. The van der Waals surface area contributed by atoms with Crippen LogP contribution in [-0.4, -0.2) is 34.9 Å². The first-order valence-electron chi connectivity index (χ1n) is 10.1. The maximum absolute atomic E-state index is 12.3. The van der Waals surface area contributed by atoms with Crippen LogP contribution in [-0.2, 0) is 14.3 Å². The molecule has 1 amide bonds. The minimum absolute atomic E-state index is 0.0602. The number of benzene rings is 2. The van der Waals surface area contributed by atoms with Crippen molar-refractivity contribution in [2.75, 3.05) is 18.5 Å². The Morgan fingerprint density at radius 2 is 1.74 bits per heavy atom. The van der Waals surface area contributed by atoms with Crippen molar-refractivity contribution < 1.29 is 19.1 Å². The number of ether oxygens (including phenoxy) is 2. The predicted octanol–water partition coefficient (Wildman–Crippen LogP) is 4.06. The van der Waals surface area contributed by atoms with Gasteiger partial charge in [0.15, 0.2) is 6.61 Å². The van der Waals surface area contributed by atoms with Crippen LogP contribution in [0, 0.1) is 27.7 Å². The zero-order chi connectivity index (χ0) is 22.4. The molecule has 2 aromatic carbocycles. The molecule has 31 heavy (non-hydrogen) atoms. The van der Waals surface area contributed by atoms with Gasteiger partial charge in [-0.2, -0.15) is 5.10 Å². The Hall–Kier alpha value is -3.61. The molecule has 0 radical (unpaired) electrons. The standard InChI is InChI=1S/C24H27N3O4/c1-16-8-10-20(11-9-16)27-19(4)24(18(3)26-27)25-22(28)15-31-23(29)12-13-30-21-7-5-6-17(2)14-21/h5-11,14H,12-13,15H2,1-4H3,(H,25,28). The number of esters is 1. The van der Waals surface area contributed by atoms with Gasteiger partial charge in [0.1, 0.15) is 5.75 Å². The number of hydrogen-bond donors (Lipinski definition) is 1. The van der Waals surface area contributed by atoms with Crippen molar-refractivity contribution in [2.24, 2.45) is 0 Å². The molecule has 162 valence electrons. The number of carbonyl (C=O) groups excluding carboxylic acids is 2. The van der Waals surface area contributed by atoms with Crippen molar-refractivity contribution in [1.29, 1.82) is 0 Å². The Bertz CT molecular complexity index is 1070. The van der Waals surface area contributed by atoms with Gasteiger partial charge in [0, 0.05) is 0 Å². The molecule has 0 aliphatic heterocycles. The molecule has 1 N–H and O–H groups in total. The largest absolute Gasteiger partial charge is 0.493 e. The summed E-state index contributed by atoms with van der Waals surface area (Å²) in [5.41, 5.74) is 5.24. The van der Waals surface area contributed by atoms with Gasteiger partial charge in [0.05, 0.1) is 35.8 Å². The highest BCUT2D eigenvalue weighted by molar-refractivity contribution is 5.93. The predicted molar refractivity (Wildman–Crippen MR) is 119 cm³/mol. The average Bonchev–Trinajstić information content (AvgIpc) is 3.01. The van der Waals surface area contributed by atoms with Gasteiger partial charge in [0.25, 0.3) is 5.91 Å². The average molecular weight is 421 g/mol. The molecule has 7 nitrogen and oxygen atoms in total. The van der Waals surface area contributed by atoms with E-state index in [9.17, 15) is 9.59 Å². The van der Waals surface area contributed by atoms with Crippen LogP contribution < -0.4 is 10.1 Å². The summed E-state index contributed by atoms with van der Waals surface area (Å²) in [5, 5.41) is 7.30. The Morgan fingerprint density at radius 3 is 2.45 bits per heavy atom. The van der Waals surface area contributed by atoms with Crippen molar-refractivity contribution in [3.63, 3.8) is 0 Å². The van der Waals surface area contributed by atoms with Crippen LogP contribution in [0.25, 0.3) is 5.69 Å². The molecule has 1 heterocycles. The Balaban J connectivity index is 1.49. The lowest BCUT2D eigenvalue weighted by Crippen LogP contribution is -2.22. The van der Waals surface area contributed by atoms with Gasteiger partial charge >= 0.3 is 5.97 Å². The van der Waals surface area contributed by atoms with Crippen LogP contribution in [0.3, 0.4) is 0 Å². The van der Waals surface area contributed by atoms with Crippen LogP contribution in [0.2, 0.25) is 0 Å². The normalized spacial score (nSPS) is 10.6. The van der Waals surface area contributed by atoms with Gasteiger partial charge in [-0.15, -0.1) is 0 Å². The van der Waals surface area contributed by atoms with Crippen molar-refractivity contribution >= 4 is 17.6 Å². The molecule has 0 saturated carbocycles. The highest BCUT2D eigenvalue weighted by Gasteiger charge is 2.16. The van der Waals surface area contributed by atoms with E-state index in [-0.39, 0.29) is 19.6 Å². The number of hydrogen-bond acceptors (Lipinski definition) is 5. The molecule has 0 aliphatic rings. The third-order valence-electron chi connectivity index (χ3n) is 4.76. The second-order valence-corrected chi connectivity index (χ2v) is 7.42. The van der Waals surface area contributed by atoms with E-state index in [2.05, 4.69) is 10.4 Å². The number of rotatable bonds is 8. The lowest BCUT2D eigenvalue weighted by molar-refractivity contribution is -0.147. The summed E-state index contributed by atoms with van der Waals surface area (Å²) in [6.45, 7) is 7.51. The van der Waals surface area contributed by atoms with E-state index in [1.54, 1.807) is 4.68 Å². The van der Waals surface area contributed by atoms with Gasteiger partial charge in [-0.05, 0) is 57.5 Å². The lowest BCUT2D eigenvalue weighted by atomic mass is 10.2.